The van der Waals surface area contributed by atoms with Crippen LogP contribution in [0.2, 0.25) is 0 Å². The summed E-state index contributed by atoms with van der Waals surface area (Å²) in [6.45, 7) is 8.64. The van der Waals surface area contributed by atoms with Crippen LogP contribution in [0.25, 0.3) is 11.1 Å². The average molecular weight is 565 g/mol. The summed E-state index contributed by atoms with van der Waals surface area (Å²) >= 11 is 0. The maximum absolute atomic E-state index is 4.56. The lowest BCUT2D eigenvalue weighted by Crippen LogP contribution is -2.36. The van der Waals surface area contributed by atoms with Crippen molar-refractivity contribution in [3.8, 4) is 11.1 Å². The minimum absolute atomic E-state index is 0.280. The van der Waals surface area contributed by atoms with Gasteiger partial charge in [0, 0.05) is 31.9 Å². The second-order valence-electron chi connectivity index (χ2n) is 11.6. The van der Waals surface area contributed by atoms with Crippen molar-refractivity contribution in [2.45, 2.75) is 51.4 Å². The van der Waals surface area contributed by atoms with Gasteiger partial charge >= 0.3 is 0 Å². The second kappa shape index (κ2) is 15.2. The molecule has 2 atom stereocenters. The quantitative estimate of drug-likeness (QED) is 0.132. The molecule has 5 rings (SSSR count). The van der Waals surface area contributed by atoms with E-state index in [4.69, 9.17) is 0 Å². The van der Waals surface area contributed by atoms with Gasteiger partial charge in [0.2, 0.25) is 0 Å². The molecule has 2 heteroatoms. The summed E-state index contributed by atoms with van der Waals surface area (Å²) in [6, 6.07) is 53.0. The minimum Gasteiger partial charge on any atom is -0.372 e. The molecule has 5 aromatic rings. The first-order chi connectivity index (χ1) is 21.1. The fourth-order valence-electron chi connectivity index (χ4n) is 5.84. The van der Waals surface area contributed by atoms with E-state index < -0.39 is 0 Å². The van der Waals surface area contributed by atoms with Crippen molar-refractivity contribution in [3.05, 3.63) is 180 Å². The summed E-state index contributed by atoms with van der Waals surface area (Å²) < 4.78 is 0. The first-order valence-electron chi connectivity index (χ1n) is 15.5. The van der Waals surface area contributed by atoms with Gasteiger partial charge in [0.1, 0.15) is 0 Å². The van der Waals surface area contributed by atoms with E-state index >= 15 is 0 Å². The Labute approximate surface area is 259 Å². The van der Waals surface area contributed by atoms with E-state index in [0.717, 1.165) is 32.4 Å². The lowest BCUT2D eigenvalue weighted by atomic mass is 9.95. The van der Waals surface area contributed by atoms with Crippen LogP contribution in [0.5, 0.6) is 0 Å². The highest BCUT2D eigenvalue weighted by Crippen LogP contribution is 2.27. The van der Waals surface area contributed by atoms with E-state index in [2.05, 4.69) is 176 Å². The molecule has 0 bridgehead atoms. The minimum atomic E-state index is 0.280. The Hall–Kier alpha value is -4.40. The molecule has 2 nitrogen and oxygen atoms in total. The number of hydrogen-bond donors (Lipinski definition) is 0. The third kappa shape index (κ3) is 8.56. The predicted molar refractivity (Wildman–Crippen MR) is 182 cm³/mol. The van der Waals surface area contributed by atoms with Gasteiger partial charge in [0.05, 0.1) is 6.04 Å². The second-order valence-corrected chi connectivity index (χ2v) is 11.6. The van der Waals surface area contributed by atoms with Gasteiger partial charge in [-0.25, -0.2) is 0 Å². The Bertz CT molecular complexity index is 1470. The van der Waals surface area contributed by atoms with Crippen LogP contribution in [0.3, 0.4) is 0 Å². The maximum Gasteiger partial charge on any atom is 0.0507 e. The zero-order valence-corrected chi connectivity index (χ0v) is 25.6. The number of benzene rings is 5. The molecule has 0 fully saturated rings. The maximum atomic E-state index is 4.56. The molecule has 218 valence electrons. The smallest absolute Gasteiger partial charge is 0.0507 e. The van der Waals surface area contributed by atoms with Crippen molar-refractivity contribution >= 4 is 0 Å². The Morgan fingerprint density at radius 2 is 1.05 bits per heavy atom. The highest BCUT2D eigenvalue weighted by molar-refractivity contribution is 5.63. The van der Waals surface area contributed by atoms with E-state index in [1.54, 1.807) is 0 Å². The van der Waals surface area contributed by atoms with E-state index in [1.807, 2.05) is 0 Å². The molecule has 0 aliphatic rings. The summed E-state index contributed by atoms with van der Waals surface area (Å²) in [5.41, 5.74) is 9.07. The molecule has 43 heavy (non-hydrogen) atoms. The summed E-state index contributed by atoms with van der Waals surface area (Å²) in [5.74, 6) is 0. The van der Waals surface area contributed by atoms with E-state index in [1.165, 1.54) is 39.1 Å². The van der Waals surface area contributed by atoms with E-state index in [-0.39, 0.29) is 6.04 Å². The molecule has 0 heterocycles. The van der Waals surface area contributed by atoms with Crippen LogP contribution in [0.15, 0.2) is 158 Å². The van der Waals surface area contributed by atoms with Crippen LogP contribution in [-0.2, 0) is 19.5 Å². The van der Waals surface area contributed by atoms with Crippen molar-refractivity contribution < 1.29 is 0 Å². The predicted octanol–water partition coefficient (Wildman–Crippen LogP) is 9.95. The van der Waals surface area contributed by atoms with Gasteiger partial charge in [-0.2, -0.15) is 0 Å². The van der Waals surface area contributed by atoms with Gasteiger partial charge in [0.15, 0.2) is 0 Å². The standard InChI is InChI=1S/C41H44N2/c1-33(42(3)34(2)38-20-12-6-13-21-38)24-29-41(30-35-25-27-40(28-26-35)39-22-14-7-15-23-39)43(31-36-16-8-4-9-17-36)32-37-18-10-5-11-19-37/h4-23,25-28,34,41H,1,24,29-32H2,2-3H3/t34-,41-/m0/s1. The molecule has 0 unspecified atom stereocenters. The Morgan fingerprint density at radius 3 is 1.58 bits per heavy atom. The molecule has 0 N–H and O–H groups in total. The molecule has 0 radical (unpaired) electrons. The van der Waals surface area contributed by atoms with Crippen molar-refractivity contribution in [2.75, 3.05) is 7.05 Å². The number of rotatable bonds is 14. The van der Waals surface area contributed by atoms with Crippen LogP contribution in [-0.4, -0.2) is 22.9 Å². The number of nitrogens with zero attached hydrogens (tertiary/aromatic N) is 2. The third-order valence-corrected chi connectivity index (χ3v) is 8.63. The molecular formula is C41H44N2. The third-order valence-electron chi connectivity index (χ3n) is 8.63. The van der Waals surface area contributed by atoms with Crippen LogP contribution >= 0.6 is 0 Å². The number of hydrogen-bond acceptors (Lipinski definition) is 2. The highest BCUT2D eigenvalue weighted by atomic mass is 15.2. The summed E-state index contributed by atoms with van der Waals surface area (Å²) in [5, 5.41) is 0. The largest absolute Gasteiger partial charge is 0.372 e. The van der Waals surface area contributed by atoms with Gasteiger partial charge in [-0.05, 0) is 59.6 Å². The van der Waals surface area contributed by atoms with Crippen molar-refractivity contribution in [1.29, 1.82) is 0 Å². The van der Waals surface area contributed by atoms with Gasteiger partial charge in [-0.3, -0.25) is 4.90 Å². The lowest BCUT2D eigenvalue weighted by molar-refractivity contribution is 0.163. The topological polar surface area (TPSA) is 6.48 Å². The van der Waals surface area contributed by atoms with Gasteiger partial charge in [-0.1, -0.05) is 152 Å². The molecule has 0 amide bonds. The molecule has 0 aliphatic heterocycles. The molecule has 0 spiro atoms. The van der Waals surface area contributed by atoms with Gasteiger partial charge in [-0.15, -0.1) is 0 Å². The summed E-state index contributed by atoms with van der Waals surface area (Å²) in [6.07, 6.45) is 2.96. The van der Waals surface area contributed by atoms with Crippen LogP contribution in [0.4, 0.5) is 0 Å². The SMILES string of the molecule is C=C(CC[C@@H](Cc1ccc(-c2ccccc2)cc1)N(Cc1ccccc1)Cc1ccccc1)N(C)[C@@H](C)c1ccccc1. The van der Waals surface area contributed by atoms with E-state index in [0.29, 0.717) is 6.04 Å². The zero-order chi connectivity index (χ0) is 29.9. The van der Waals surface area contributed by atoms with Crippen LogP contribution < -0.4 is 0 Å². The van der Waals surface area contributed by atoms with E-state index in [9.17, 15) is 0 Å². The molecule has 0 aromatic heterocycles. The molecule has 0 saturated carbocycles. The monoisotopic (exact) mass is 564 g/mol. The Balaban J connectivity index is 1.38. The average Bonchev–Trinajstić information content (AvgIpc) is 3.07. The fourth-order valence-corrected chi connectivity index (χ4v) is 5.84. The Morgan fingerprint density at radius 1 is 0.581 bits per heavy atom. The molecular weight excluding hydrogens is 520 g/mol. The first-order valence-corrected chi connectivity index (χ1v) is 15.5. The normalized spacial score (nSPS) is 12.5. The highest BCUT2D eigenvalue weighted by Gasteiger charge is 2.22. The van der Waals surface area contributed by atoms with Crippen molar-refractivity contribution in [1.82, 2.24) is 9.80 Å². The fraction of sp³-hybridized carbons (Fsp3) is 0.220. The van der Waals surface area contributed by atoms with Crippen LogP contribution in [0.1, 0.15) is 48.1 Å². The number of allylic oxidation sites excluding steroid dienone is 1. The van der Waals surface area contributed by atoms with Gasteiger partial charge < -0.3 is 4.90 Å². The van der Waals surface area contributed by atoms with Crippen molar-refractivity contribution in [2.24, 2.45) is 0 Å². The molecule has 0 aliphatic carbocycles. The lowest BCUT2D eigenvalue weighted by Gasteiger charge is -2.34. The summed E-state index contributed by atoms with van der Waals surface area (Å²) in [7, 11) is 2.18. The van der Waals surface area contributed by atoms with Crippen LogP contribution in [0, 0.1) is 0 Å². The van der Waals surface area contributed by atoms with Crippen molar-refractivity contribution in [3.63, 3.8) is 0 Å². The van der Waals surface area contributed by atoms with Gasteiger partial charge in [0.25, 0.3) is 0 Å². The summed E-state index contributed by atoms with van der Waals surface area (Å²) in [4.78, 5) is 5.02. The molecule has 5 aromatic carbocycles. The molecule has 0 saturated heterocycles. The Kier molecular flexibility index (Phi) is 10.6. The first kappa shape index (κ1) is 30.1. The zero-order valence-electron chi connectivity index (χ0n) is 25.6.